The van der Waals surface area contributed by atoms with Crippen LogP contribution in [0.1, 0.15) is 53.2 Å². The van der Waals surface area contributed by atoms with E-state index in [-0.39, 0.29) is 24.1 Å². The van der Waals surface area contributed by atoms with Crippen LogP contribution in [0.3, 0.4) is 0 Å². The first-order chi connectivity index (χ1) is 14.2. The first kappa shape index (κ1) is 23.7. The monoisotopic (exact) mass is 418 g/mol. The van der Waals surface area contributed by atoms with Crippen LogP contribution in [0.4, 0.5) is 0 Å². The van der Waals surface area contributed by atoms with E-state index in [2.05, 4.69) is 27.7 Å². The van der Waals surface area contributed by atoms with Crippen molar-refractivity contribution in [3.63, 3.8) is 0 Å². The number of rotatable bonds is 10. The number of hydrogen-bond donors (Lipinski definition) is 1. The topological polar surface area (TPSA) is 92.8 Å². The summed E-state index contributed by atoms with van der Waals surface area (Å²) in [6, 6.07) is 5.13. The number of carbonyl (C=O) groups excluding carboxylic acids is 1. The fourth-order valence-corrected chi connectivity index (χ4v) is 3.20. The Labute approximate surface area is 178 Å². The normalized spacial score (nSPS) is 11.5. The molecule has 2 aromatic rings. The Balaban J connectivity index is 2.58. The molecule has 7 nitrogen and oxygen atoms in total. The third-order valence-corrected chi connectivity index (χ3v) is 4.53. The molecular weight excluding hydrogens is 384 g/mol. The summed E-state index contributed by atoms with van der Waals surface area (Å²) in [5.41, 5.74) is 6.52. The second-order valence-corrected chi connectivity index (χ2v) is 8.44. The van der Waals surface area contributed by atoms with Crippen molar-refractivity contribution in [3.8, 4) is 11.5 Å². The highest BCUT2D eigenvalue weighted by Crippen LogP contribution is 2.32. The van der Waals surface area contributed by atoms with Crippen molar-refractivity contribution < 1.29 is 19.0 Å². The van der Waals surface area contributed by atoms with E-state index in [9.17, 15) is 9.59 Å². The fourth-order valence-electron chi connectivity index (χ4n) is 3.20. The van der Waals surface area contributed by atoms with Crippen molar-refractivity contribution in [2.75, 3.05) is 19.8 Å². The van der Waals surface area contributed by atoms with Crippen molar-refractivity contribution in [2.24, 2.45) is 11.1 Å². The van der Waals surface area contributed by atoms with Gasteiger partial charge in [0, 0.05) is 18.5 Å². The largest absolute Gasteiger partial charge is 0.491 e. The first-order valence-corrected chi connectivity index (χ1v) is 10.5. The molecule has 0 radical (unpaired) electrons. The first-order valence-electron chi connectivity index (χ1n) is 10.5. The molecule has 0 fully saturated rings. The number of hydrogen-bond acceptors (Lipinski definition) is 6. The molecule has 30 heavy (non-hydrogen) atoms. The fraction of sp³-hybridized carbons (Fsp3) is 0.565. The van der Waals surface area contributed by atoms with Crippen molar-refractivity contribution in [1.82, 2.24) is 4.57 Å². The van der Waals surface area contributed by atoms with E-state index in [0.29, 0.717) is 47.7 Å². The third-order valence-electron chi connectivity index (χ3n) is 4.53. The molecule has 1 heterocycles. The number of ether oxygens (including phenoxy) is 3. The number of benzene rings is 1. The molecule has 2 rings (SSSR count). The third kappa shape index (κ3) is 5.98. The number of nitrogens with two attached hydrogens (primary N) is 1. The summed E-state index contributed by atoms with van der Waals surface area (Å²) in [7, 11) is 0. The average Bonchev–Trinajstić information content (AvgIpc) is 2.69. The minimum Gasteiger partial charge on any atom is -0.491 e. The number of pyridine rings is 1. The summed E-state index contributed by atoms with van der Waals surface area (Å²) in [5.74, 6) is 0.624. The predicted octanol–water partition coefficient (Wildman–Crippen LogP) is 3.63. The maximum Gasteiger partial charge on any atom is 0.344 e. The van der Waals surface area contributed by atoms with Crippen LogP contribution in [0.2, 0.25) is 0 Å². The number of aromatic nitrogens is 1. The summed E-state index contributed by atoms with van der Waals surface area (Å²) in [4.78, 5) is 24.9. The Morgan fingerprint density at radius 2 is 1.87 bits per heavy atom. The van der Waals surface area contributed by atoms with Crippen LogP contribution in [0.25, 0.3) is 10.8 Å². The van der Waals surface area contributed by atoms with E-state index in [0.717, 1.165) is 12.8 Å². The van der Waals surface area contributed by atoms with Crippen molar-refractivity contribution in [3.05, 3.63) is 34.2 Å². The van der Waals surface area contributed by atoms with E-state index in [1.54, 1.807) is 29.7 Å². The van der Waals surface area contributed by atoms with Gasteiger partial charge in [-0.15, -0.1) is 0 Å². The van der Waals surface area contributed by atoms with E-state index in [1.807, 2.05) is 0 Å². The zero-order chi connectivity index (χ0) is 22.3. The molecule has 166 valence electrons. The van der Waals surface area contributed by atoms with Gasteiger partial charge in [-0.05, 0) is 37.0 Å². The highest BCUT2D eigenvalue weighted by molar-refractivity contribution is 5.89. The van der Waals surface area contributed by atoms with Crippen molar-refractivity contribution in [1.29, 1.82) is 0 Å². The molecule has 0 aliphatic carbocycles. The Morgan fingerprint density at radius 1 is 1.13 bits per heavy atom. The van der Waals surface area contributed by atoms with E-state index < -0.39 is 5.97 Å². The Kier molecular flexibility index (Phi) is 8.29. The summed E-state index contributed by atoms with van der Waals surface area (Å²) in [6.07, 6.45) is 1.88. The van der Waals surface area contributed by atoms with Crippen LogP contribution < -0.4 is 20.8 Å². The predicted molar refractivity (Wildman–Crippen MR) is 118 cm³/mol. The number of fused-ring (bicyclic) bond motifs is 1. The zero-order valence-corrected chi connectivity index (χ0v) is 18.7. The van der Waals surface area contributed by atoms with Crippen LogP contribution in [0.5, 0.6) is 11.5 Å². The number of unbranched alkanes of at least 4 members (excludes halogenated alkanes) is 1. The number of carbonyl (C=O) groups is 1. The quantitative estimate of drug-likeness (QED) is 0.468. The van der Waals surface area contributed by atoms with Gasteiger partial charge in [-0.1, -0.05) is 34.1 Å². The lowest BCUT2D eigenvalue weighted by molar-refractivity contribution is -0.145. The van der Waals surface area contributed by atoms with Crippen LogP contribution in [0, 0.1) is 5.41 Å². The van der Waals surface area contributed by atoms with Gasteiger partial charge in [0.15, 0.2) is 6.61 Å². The van der Waals surface area contributed by atoms with Gasteiger partial charge in [0.1, 0.15) is 11.5 Å². The lowest BCUT2D eigenvalue weighted by atomic mass is 9.96. The smallest absolute Gasteiger partial charge is 0.344 e. The summed E-state index contributed by atoms with van der Waals surface area (Å²) >= 11 is 0. The van der Waals surface area contributed by atoms with Crippen LogP contribution in [-0.2, 0) is 22.6 Å². The molecule has 0 bridgehead atoms. The summed E-state index contributed by atoms with van der Waals surface area (Å²) in [6.45, 7) is 11.4. The van der Waals surface area contributed by atoms with Crippen LogP contribution in [-0.4, -0.2) is 30.4 Å². The highest BCUT2D eigenvalue weighted by Gasteiger charge is 2.21. The molecule has 0 amide bonds. The highest BCUT2D eigenvalue weighted by atomic mass is 16.6. The van der Waals surface area contributed by atoms with Gasteiger partial charge in [-0.3, -0.25) is 4.79 Å². The second kappa shape index (κ2) is 10.5. The van der Waals surface area contributed by atoms with Gasteiger partial charge in [0.25, 0.3) is 5.56 Å². The molecule has 1 aromatic heterocycles. The molecule has 7 heteroatoms. The minimum atomic E-state index is -0.444. The van der Waals surface area contributed by atoms with E-state index in [1.165, 1.54) is 0 Å². The Hall–Kier alpha value is -2.54. The molecule has 0 saturated carbocycles. The summed E-state index contributed by atoms with van der Waals surface area (Å²) < 4.78 is 18.3. The Morgan fingerprint density at radius 3 is 2.47 bits per heavy atom. The molecule has 0 aliphatic heterocycles. The summed E-state index contributed by atoms with van der Waals surface area (Å²) in [5, 5.41) is 1.18. The van der Waals surface area contributed by atoms with Crippen molar-refractivity contribution >= 4 is 16.7 Å². The van der Waals surface area contributed by atoms with Gasteiger partial charge >= 0.3 is 5.97 Å². The lowest BCUT2D eigenvalue weighted by Gasteiger charge is -2.25. The average molecular weight is 419 g/mol. The Bertz CT molecular complexity index is 928. The van der Waals surface area contributed by atoms with Gasteiger partial charge in [0.2, 0.25) is 0 Å². The van der Waals surface area contributed by atoms with Gasteiger partial charge in [-0.2, -0.15) is 0 Å². The zero-order valence-electron chi connectivity index (χ0n) is 18.7. The second-order valence-electron chi connectivity index (χ2n) is 8.44. The van der Waals surface area contributed by atoms with E-state index in [4.69, 9.17) is 19.9 Å². The van der Waals surface area contributed by atoms with Crippen LogP contribution >= 0.6 is 0 Å². The van der Waals surface area contributed by atoms with E-state index >= 15 is 0 Å². The van der Waals surface area contributed by atoms with Gasteiger partial charge < -0.3 is 24.5 Å². The molecule has 0 spiro atoms. The van der Waals surface area contributed by atoms with Gasteiger partial charge in [0.05, 0.1) is 24.3 Å². The molecule has 1 aromatic carbocycles. The maximum atomic E-state index is 13.3. The standard InChI is InChI=1S/C23H34N2O5/c1-6-8-11-29-21-18-12-16(30-14-20(26)28-7-2)9-10-17(18)22(27)25(19(21)13-24)15-23(3,4)5/h9-10,12H,6-8,11,13-15,24H2,1-5H3. The SMILES string of the molecule is CCCCOc1c(CN)n(CC(C)(C)C)c(=O)c2ccc(OCC(=O)OCC)cc12. The molecule has 2 N–H and O–H groups in total. The maximum absolute atomic E-state index is 13.3. The van der Waals surface area contributed by atoms with Gasteiger partial charge in [-0.25, -0.2) is 4.79 Å². The molecule has 0 saturated heterocycles. The minimum absolute atomic E-state index is 0.106. The van der Waals surface area contributed by atoms with Crippen molar-refractivity contribution in [2.45, 2.75) is 60.5 Å². The molecule has 0 aliphatic rings. The molecule has 0 atom stereocenters. The number of nitrogens with zero attached hydrogens (tertiary/aromatic N) is 1. The van der Waals surface area contributed by atoms with Crippen LogP contribution in [0.15, 0.2) is 23.0 Å². The number of esters is 1. The molecule has 0 unspecified atom stereocenters. The lowest BCUT2D eigenvalue weighted by Crippen LogP contribution is -2.31. The molecular formula is C23H34N2O5.